The largest absolute Gasteiger partial charge is 0.462 e. The number of esters is 1. The molecule has 0 aromatic heterocycles. The summed E-state index contributed by atoms with van der Waals surface area (Å²) >= 11 is 0. The van der Waals surface area contributed by atoms with Gasteiger partial charge in [-0.25, -0.2) is 0 Å². The van der Waals surface area contributed by atoms with Gasteiger partial charge in [-0.3, -0.25) is 4.79 Å². The lowest BCUT2D eigenvalue weighted by Gasteiger charge is -2.40. The summed E-state index contributed by atoms with van der Waals surface area (Å²) in [5.74, 6) is 1.52. The summed E-state index contributed by atoms with van der Waals surface area (Å²) in [6.45, 7) is 4.04. The van der Waals surface area contributed by atoms with Crippen LogP contribution in [0.25, 0.3) is 0 Å². The Bertz CT molecular complexity index is 396. The second-order valence-electron chi connectivity index (χ2n) is 7.36. The lowest BCUT2D eigenvalue weighted by Crippen LogP contribution is -2.32. The molecule has 2 aliphatic rings. The Hall–Kier alpha value is -1.04. The van der Waals surface area contributed by atoms with Crippen molar-refractivity contribution in [2.45, 2.75) is 90.6 Å². The van der Waals surface area contributed by atoms with Crippen molar-refractivity contribution in [2.24, 2.45) is 17.3 Å². The molecular weight excluding hydrogens is 274 g/mol. The molecule has 0 atom stereocenters. The minimum atomic E-state index is -0.0560. The van der Waals surface area contributed by atoms with Crippen LogP contribution in [0, 0.1) is 28.6 Å². The van der Waals surface area contributed by atoms with E-state index in [4.69, 9.17) is 4.74 Å². The van der Waals surface area contributed by atoms with E-state index >= 15 is 0 Å². The minimum absolute atomic E-state index is 0.0287. The molecule has 3 heteroatoms. The summed E-state index contributed by atoms with van der Waals surface area (Å²) in [4.78, 5) is 11.4. The highest BCUT2D eigenvalue weighted by atomic mass is 16.5. The zero-order valence-corrected chi connectivity index (χ0v) is 14.3. The number of nitriles is 1. The normalized spacial score (nSPS) is 35.6. The van der Waals surface area contributed by atoms with Crippen LogP contribution in [0.5, 0.6) is 0 Å². The Morgan fingerprint density at radius 1 is 1.09 bits per heavy atom. The number of rotatable bonds is 5. The van der Waals surface area contributed by atoms with E-state index in [9.17, 15) is 10.1 Å². The molecule has 0 aliphatic heterocycles. The Kier molecular flexibility index (Phi) is 6.29. The van der Waals surface area contributed by atoms with E-state index in [1.165, 1.54) is 25.7 Å². The average molecular weight is 305 g/mol. The van der Waals surface area contributed by atoms with Gasteiger partial charge in [-0.2, -0.15) is 5.26 Å². The second-order valence-corrected chi connectivity index (χ2v) is 7.36. The molecule has 2 rings (SSSR count). The van der Waals surface area contributed by atoms with Crippen molar-refractivity contribution in [3.05, 3.63) is 0 Å². The van der Waals surface area contributed by atoms with Crippen LogP contribution in [0.4, 0.5) is 0 Å². The summed E-state index contributed by atoms with van der Waals surface area (Å²) in [5.41, 5.74) is -0.0287. The highest BCUT2D eigenvalue weighted by Gasteiger charge is 2.38. The summed E-state index contributed by atoms with van der Waals surface area (Å²) < 4.78 is 5.48. The first-order chi connectivity index (χ1) is 10.6. The summed E-state index contributed by atoms with van der Waals surface area (Å²) in [6.07, 6.45) is 11.9. The van der Waals surface area contributed by atoms with Crippen LogP contribution in [0.1, 0.15) is 84.5 Å². The SMILES string of the molecule is CCCC1(C#N)CCC(C2CCC(OC(=O)CC)CC2)CC1. The van der Waals surface area contributed by atoms with E-state index in [2.05, 4.69) is 13.0 Å². The molecule has 2 fully saturated rings. The molecular formula is C19H31NO2. The van der Waals surface area contributed by atoms with Crippen molar-refractivity contribution in [3.8, 4) is 6.07 Å². The third kappa shape index (κ3) is 4.24. The smallest absolute Gasteiger partial charge is 0.305 e. The standard InChI is InChI=1S/C19H31NO2/c1-3-11-19(14-20)12-9-16(10-13-19)15-5-7-17(8-6-15)22-18(21)4-2/h15-17H,3-13H2,1-2H3. The van der Waals surface area contributed by atoms with Gasteiger partial charge in [0.15, 0.2) is 0 Å². The van der Waals surface area contributed by atoms with Gasteiger partial charge in [0.2, 0.25) is 0 Å². The molecule has 124 valence electrons. The Balaban J connectivity index is 1.77. The number of carbonyl (C=O) groups excluding carboxylic acids is 1. The van der Waals surface area contributed by atoms with Gasteiger partial charge in [-0.05, 0) is 69.6 Å². The molecule has 0 aromatic carbocycles. The topological polar surface area (TPSA) is 50.1 Å². The first-order valence-corrected chi connectivity index (χ1v) is 9.23. The van der Waals surface area contributed by atoms with Crippen LogP contribution in [0.15, 0.2) is 0 Å². The summed E-state index contributed by atoms with van der Waals surface area (Å²) in [5, 5.41) is 9.51. The van der Waals surface area contributed by atoms with Crippen molar-refractivity contribution >= 4 is 5.97 Å². The molecule has 2 saturated carbocycles. The predicted molar refractivity (Wildman–Crippen MR) is 87.0 cm³/mol. The fourth-order valence-corrected chi connectivity index (χ4v) is 4.51. The van der Waals surface area contributed by atoms with Gasteiger partial charge in [0, 0.05) is 6.42 Å². The van der Waals surface area contributed by atoms with Gasteiger partial charge in [-0.15, -0.1) is 0 Å². The Morgan fingerprint density at radius 2 is 1.68 bits per heavy atom. The molecule has 0 unspecified atom stereocenters. The number of hydrogen-bond donors (Lipinski definition) is 0. The van der Waals surface area contributed by atoms with Crippen LogP contribution in [0.2, 0.25) is 0 Å². The van der Waals surface area contributed by atoms with E-state index in [-0.39, 0.29) is 17.5 Å². The van der Waals surface area contributed by atoms with Gasteiger partial charge in [0.05, 0.1) is 11.5 Å². The van der Waals surface area contributed by atoms with Gasteiger partial charge in [0.25, 0.3) is 0 Å². The summed E-state index contributed by atoms with van der Waals surface area (Å²) in [6, 6.07) is 2.62. The lowest BCUT2D eigenvalue weighted by atomic mass is 9.64. The van der Waals surface area contributed by atoms with Crippen molar-refractivity contribution < 1.29 is 9.53 Å². The quantitative estimate of drug-likeness (QED) is 0.672. The monoisotopic (exact) mass is 305 g/mol. The molecule has 0 radical (unpaired) electrons. The highest BCUT2D eigenvalue weighted by molar-refractivity contribution is 5.69. The number of carbonyl (C=O) groups is 1. The van der Waals surface area contributed by atoms with E-state index in [1.807, 2.05) is 6.92 Å². The van der Waals surface area contributed by atoms with Gasteiger partial charge in [0.1, 0.15) is 6.10 Å². The van der Waals surface area contributed by atoms with Crippen LogP contribution in [0.3, 0.4) is 0 Å². The van der Waals surface area contributed by atoms with E-state index in [1.54, 1.807) is 0 Å². The summed E-state index contributed by atoms with van der Waals surface area (Å²) in [7, 11) is 0. The Labute approximate surface area is 135 Å². The molecule has 0 bridgehead atoms. The van der Waals surface area contributed by atoms with Crippen LogP contribution in [-0.4, -0.2) is 12.1 Å². The molecule has 0 spiro atoms. The first kappa shape index (κ1) is 17.3. The maximum atomic E-state index is 11.4. The molecule has 0 heterocycles. The number of hydrogen-bond acceptors (Lipinski definition) is 3. The maximum absolute atomic E-state index is 11.4. The molecule has 22 heavy (non-hydrogen) atoms. The molecule has 3 nitrogen and oxygen atoms in total. The molecule has 0 amide bonds. The van der Waals surface area contributed by atoms with Crippen molar-refractivity contribution in [3.63, 3.8) is 0 Å². The van der Waals surface area contributed by atoms with Gasteiger partial charge >= 0.3 is 5.97 Å². The highest BCUT2D eigenvalue weighted by Crippen LogP contribution is 2.46. The zero-order chi connectivity index (χ0) is 16.0. The van der Waals surface area contributed by atoms with Crippen molar-refractivity contribution in [2.75, 3.05) is 0 Å². The second kappa shape index (κ2) is 7.99. The first-order valence-electron chi connectivity index (χ1n) is 9.23. The third-order valence-electron chi connectivity index (χ3n) is 5.93. The fourth-order valence-electron chi connectivity index (χ4n) is 4.51. The van der Waals surface area contributed by atoms with Crippen LogP contribution >= 0.6 is 0 Å². The predicted octanol–water partition coefficient (Wildman–Crippen LogP) is 5.00. The van der Waals surface area contributed by atoms with E-state index in [0.29, 0.717) is 6.42 Å². The molecule has 0 aromatic rings. The maximum Gasteiger partial charge on any atom is 0.305 e. The zero-order valence-electron chi connectivity index (χ0n) is 14.3. The van der Waals surface area contributed by atoms with Crippen LogP contribution in [-0.2, 0) is 9.53 Å². The molecule has 0 N–H and O–H groups in total. The van der Waals surface area contributed by atoms with Crippen LogP contribution < -0.4 is 0 Å². The molecule has 0 saturated heterocycles. The van der Waals surface area contributed by atoms with E-state index in [0.717, 1.165) is 50.4 Å². The van der Waals surface area contributed by atoms with Gasteiger partial charge < -0.3 is 4.74 Å². The Morgan fingerprint density at radius 3 is 2.18 bits per heavy atom. The number of nitrogens with zero attached hydrogens (tertiary/aromatic N) is 1. The van der Waals surface area contributed by atoms with Gasteiger partial charge in [-0.1, -0.05) is 20.3 Å². The van der Waals surface area contributed by atoms with Crippen molar-refractivity contribution in [1.29, 1.82) is 5.26 Å². The third-order valence-corrected chi connectivity index (χ3v) is 5.93. The van der Waals surface area contributed by atoms with Crippen molar-refractivity contribution in [1.82, 2.24) is 0 Å². The average Bonchev–Trinajstić information content (AvgIpc) is 2.56. The minimum Gasteiger partial charge on any atom is -0.462 e. The lowest BCUT2D eigenvalue weighted by molar-refractivity contribution is -0.150. The van der Waals surface area contributed by atoms with E-state index < -0.39 is 0 Å². The fraction of sp³-hybridized carbons (Fsp3) is 0.895. The molecule has 2 aliphatic carbocycles. The number of ether oxygens (including phenoxy) is 1.